The van der Waals surface area contributed by atoms with E-state index < -0.39 is 0 Å². The lowest BCUT2D eigenvalue weighted by molar-refractivity contribution is 0.475. The maximum Gasteiger partial charge on any atom is 0.155 e. The quantitative estimate of drug-likeness (QED) is 0.706. The lowest BCUT2D eigenvalue weighted by atomic mass is 10.2. The number of pyridine rings is 1. The number of benzene rings is 1. The van der Waals surface area contributed by atoms with Gasteiger partial charge in [0.2, 0.25) is 0 Å². The summed E-state index contributed by atoms with van der Waals surface area (Å²) in [4.78, 5) is 4.30. The van der Waals surface area contributed by atoms with Gasteiger partial charge in [0, 0.05) is 5.56 Å². The summed E-state index contributed by atoms with van der Waals surface area (Å²) >= 11 is 6.09. The van der Waals surface area contributed by atoms with Crippen molar-refractivity contribution in [3.05, 3.63) is 47.6 Å². The molecule has 3 aromatic rings. The predicted molar refractivity (Wildman–Crippen MR) is 71.7 cm³/mol. The average Bonchev–Trinajstić information content (AvgIpc) is 2.69. The van der Waals surface area contributed by atoms with Crippen molar-refractivity contribution in [1.82, 2.24) is 9.38 Å². The highest BCUT2D eigenvalue weighted by atomic mass is 35.5. The van der Waals surface area contributed by atoms with Gasteiger partial charge in [-0.25, -0.2) is 4.98 Å². The molecule has 1 aromatic carbocycles. The second-order valence-corrected chi connectivity index (χ2v) is 4.31. The second-order valence-electron chi connectivity index (χ2n) is 3.95. The van der Waals surface area contributed by atoms with E-state index in [-0.39, 0.29) is 5.75 Å². The standard InChI is InChI=1S/C13H10ClN3O/c14-12-10-5-2-6-11(15)17(10)13(16-12)8-3-1-4-9(18)7-8/h1-7,18H,15H2. The van der Waals surface area contributed by atoms with Gasteiger partial charge >= 0.3 is 0 Å². The van der Waals surface area contributed by atoms with Crippen molar-refractivity contribution < 1.29 is 5.11 Å². The fourth-order valence-electron chi connectivity index (χ4n) is 1.96. The van der Waals surface area contributed by atoms with Crippen LogP contribution in [0.5, 0.6) is 5.75 Å². The number of nitrogen functional groups attached to an aromatic ring is 1. The molecule has 0 amide bonds. The molecule has 0 bridgehead atoms. The molecule has 0 unspecified atom stereocenters. The van der Waals surface area contributed by atoms with Crippen LogP contribution in [0.4, 0.5) is 5.82 Å². The molecule has 4 nitrogen and oxygen atoms in total. The number of halogens is 1. The molecule has 2 heterocycles. The van der Waals surface area contributed by atoms with Gasteiger partial charge in [-0.15, -0.1) is 0 Å². The van der Waals surface area contributed by atoms with Gasteiger partial charge in [-0.3, -0.25) is 4.40 Å². The molecule has 0 radical (unpaired) electrons. The largest absolute Gasteiger partial charge is 0.508 e. The third-order valence-corrected chi connectivity index (χ3v) is 3.03. The third kappa shape index (κ3) is 1.58. The van der Waals surface area contributed by atoms with E-state index in [1.54, 1.807) is 28.7 Å². The van der Waals surface area contributed by atoms with E-state index in [9.17, 15) is 5.11 Å². The van der Waals surface area contributed by atoms with Crippen molar-refractivity contribution in [2.45, 2.75) is 0 Å². The number of fused-ring (bicyclic) bond motifs is 1. The fraction of sp³-hybridized carbons (Fsp3) is 0. The van der Waals surface area contributed by atoms with E-state index in [2.05, 4.69) is 4.98 Å². The highest BCUT2D eigenvalue weighted by molar-refractivity contribution is 6.33. The number of phenolic OH excluding ortho intramolecular Hbond substituents is 1. The molecule has 0 aliphatic heterocycles. The van der Waals surface area contributed by atoms with Crippen LogP contribution in [0.1, 0.15) is 0 Å². The number of imidazole rings is 1. The molecule has 0 aliphatic carbocycles. The van der Waals surface area contributed by atoms with Crippen LogP contribution in [-0.4, -0.2) is 14.5 Å². The summed E-state index contributed by atoms with van der Waals surface area (Å²) in [5.74, 6) is 1.34. The number of nitrogens with zero attached hydrogens (tertiary/aromatic N) is 2. The Morgan fingerprint density at radius 3 is 2.72 bits per heavy atom. The van der Waals surface area contributed by atoms with Crippen molar-refractivity contribution >= 4 is 22.9 Å². The summed E-state index contributed by atoms with van der Waals surface area (Å²) in [5.41, 5.74) is 7.45. The van der Waals surface area contributed by atoms with Crippen LogP contribution >= 0.6 is 11.6 Å². The topological polar surface area (TPSA) is 63.5 Å². The summed E-state index contributed by atoms with van der Waals surface area (Å²) in [6.07, 6.45) is 0. The van der Waals surface area contributed by atoms with Crippen molar-refractivity contribution in [2.75, 3.05) is 5.73 Å². The number of phenols is 1. The van der Waals surface area contributed by atoms with Gasteiger partial charge in [-0.2, -0.15) is 0 Å². The van der Waals surface area contributed by atoms with E-state index in [1.807, 2.05) is 18.2 Å². The first-order valence-electron chi connectivity index (χ1n) is 5.38. The fourth-order valence-corrected chi connectivity index (χ4v) is 2.19. The maximum atomic E-state index is 9.52. The maximum absolute atomic E-state index is 9.52. The van der Waals surface area contributed by atoms with E-state index >= 15 is 0 Å². The lowest BCUT2D eigenvalue weighted by Crippen LogP contribution is -1.97. The second kappa shape index (κ2) is 3.92. The zero-order chi connectivity index (χ0) is 12.7. The highest BCUT2D eigenvalue weighted by Gasteiger charge is 2.13. The van der Waals surface area contributed by atoms with Gasteiger partial charge in [-0.05, 0) is 24.3 Å². The molecule has 2 aromatic heterocycles. The Morgan fingerprint density at radius 2 is 1.94 bits per heavy atom. The number of aromatic nitrogens is 2. The molecular formula is C13H10ClN3O. The minimum Gasteiger partial charge on any atom is -0.508 e. The summed E-state index contributed by atoms with van der Waals surface area (Å²) in [5, 5.41) is 9.91. The van der Waals surface area contributed by atoms with Crippen LogP contribution in [0.2, 0.25) is 5.15 Å². The molecule has 0 saturated carbocycles. The first-order valence-corrected chi connectivity index (χ1v) is 5.76. The van der Waals surface area contributed by atoms with Crippen LogP contribution in [0.25, 0.3) is 16.9 Å². The Morgan fingerprint density at radius 1 is 1.17 bits per heavy atom. The Balaban J connectivity index is 2.36. The number of nitrogens with two attached hydrogens (primary N) is 1. The first-order chi connectivity index (χ1) is 8.66. The number of rotatable bonds is 1. The Bertz CT molecular complexity index is 736. The van der Waals surface area contributed by atoms with Crippen molar-refractivity contribution in [1.29, 1.82) is 0 Å². The van der Waals surface area contributed by atoms with Crippen molar-refractivity contribution in [2.24, 2.45) is 0 Å². The monoisotopic (exact) mass is 259 g/mol. The molecule has 0 saturated heterocycles. The number of hydrogen-bond acceptors (Lipinski definition) is 3. The summed E-state index contributed by atoms with van der Waals surface area (Å²) < 4.78 is 1.76. The van der Waals surface area contributed by atoms with Crippen LogP contribution in [0.15, 0.2) is 42.5 Å². The number of anilines is 1. The highest BCUT2D eigenvalue weighted by Crippen LogP contribution is 2.29. The molecule has 0 atom stereocenters. The summed E-state index contributed by atoms with van der Waals surface area (Å²) in [6, 6.07) is 12.3. The average molecular weight is 260 g/mol. The van der Waals surface area contributed by atoms with Gasteiger partial charge in [0.15, 0.2) is 5.15 Å². The van der Waals surface area contributed by atoms with Gasteiger partial charge in [0.05, 0.1) is 5.52 Å². The Labute approximate surface area is 108 Å². The number of aromatic hydroxyl groups is 1. The van der Waals surface area contributed by atoms with Gasteiger partial charge in [0.25, 0.3) is 0 Å². The Kier molecular flexibility index (Phi) is 2.38. The molecule has 0 fully saturated rings. The van der Waals surface area contributed by atoms with Crippen LogP contribution in [-0.2, 0) is 0 Å². The molecule has 18 heavy (non-hydrogen) atoms. The summed E-state index contributed by atoms with van der Waals surface area (Å²) in [7, 11) is 0. The van der Waals surface area contributed by atoms with Crippen LogP contribution in [0, 0.1) is 0 Å². The third-order valence-electron chi connectivity index (χ3n) is 2.75. The summed E-state index contributed by atoms with van der Waals surface area (Å²) in [6.45, 7) is 0. The Hall–Kier alpha value is -2.20. The molecule has 0 spiro atoms. The van der Waals surface area contributed by atoms with Crippen LogP contribution < -0.4 is 5.73 Å². The molecule has 90 valence electrons. The molecule has 3 rings (SSSR count). The lowest BCUT2D eigenvalue weighted by Gasteiger charge is -2.04. The predicted octanol–water partition coefficient (Wildman–Crippen LogP) is 2.94. The SMILES string of the molecule is Nc1cccc2c(Cl)nc(-c3cccc(O)c3)n12. The van der Waals surface area contributed by atoms with Crippen LogP contribution in [0.3, 0.4) is 0 Å². The van der Waals surface area contributed by atoms with Gasteiger partial charge in [0.1, 0.15) is 17.4 Å². The molecule has 0 aliphatic rings. The van der Waals surface area contributed by atoms with E-state index in [1.165, 1.54) is 0 Å². The van der Waals surface area contributed by atoms with E-state index in [4.69, 9.17) is 17.3 Å². The first kappa shape index (κ1) is 10.9. The number of hydrogen-bond donors (Lipinski definition) is 2. The minimum atomic E-state index is 0.176. The van der Waals surface area contributed by atoms with E-state index in [0.29, 0.717) is 16.8 Å². The van der Waals surface area contributed by atoms with Crippen molar-refractivity contribution in [3.8, 4) is 17.1 Å². The smallest absolute Gasteiger partial charge is 0.155 e. The molecular weight excluding hydrogens is 250 g/mol. The van der Waals surface area contributed by atoms with Gasteiger partial charge < -0.3 is 10.8 Å². The normalized spacial score (nSPS) is 10.9. The minimum absolute atomic E-state index is 0.176. The van der Waals surface area contributed by atoms with Crippen molar-refractivity contribution in [3.63, 3.8) is 0 Å². The van der Waals surface area contributed by atoms with E-state index in [0.717, 1.165) is 11.1 Å². The zero-order valence-corrected chi connectivity index (χ0v) is 10.1. The molecule has 3 N–H and O–H groups in total. The van der Waals surface area contributed by atoms with Gasteiger partial charge in [-0.1, -0.05) is 29.8 Å². The zero-order valence-electron chi connectivity index (χ0n) is 9.34. The molecule has 5 heteroatoms.